The van der Waals surface area contributed by atoms with E-state index in [1.165, 1.54) is 12.1 Å². The van der Waals surface area contributed by atoms with Crippen molar-refractivity contribution in [3.8, 4) is 0 Å². The number of anilines is 1. The van der Waals surface area contributed by atoms with Gasteiger partial charge in [-0.2, -0.15) is 0 Å². The van der Waals surface area contributed by atoms with Crippen LogP contribution in [0.4, 0.5) is 5.69 Å². The highest BCUT2D eigenvalue weighted by Crippen LogP contribution is 2.25. The summed E-state index contributed by atoms with van der Waals surface area (Å²) in [7, 11) is 0. The average Bonchev–Trinajstić information content (AvgIpc) is 2.29. The molecule has 2 N–H and O–H groups in total. The molecule has 1 aliphatic rings. The SMILES string of the molecule is CCC1CC(N)CN(c2ccc(Cl)cc2)C1. The third-order valence-electron chi connectivity index (χ3n) is 3.34. The van der Waals surface area contributed by atoms with Crippen LogP contribution < -0.4 is 10.6 Å². The van der Waals surface area contributed by atoms with Gasteiger partial charge in [-0.15, -0.1) is 0 Å². The first-order chi connectivity index (χ1) is 7.69. The van der Waals surface area contributed by atoms with Gasteiger partial charge in [0.25, 0.3) is 0 Å². The van der Waals surface area contributed by atoms with Gasteiger partial charge >= 0.3 is 0 Å². The Balaban J connectivity index is 2.11. The summed E-state index contributed by atoms with van der Waals surface area (Å²) < 4.78 is 0. The number of hydrogen-bond acceptors (Lipinski definition) is 2. The lowest BCUT2D eigenvalue weighted by atomic mass is 9.92. The molecule has 1 heterocycles. The molecule has 3 heteroatoms. The van der Waals surface area contributed by atoms with Crippen molar-refractivity contribution in [2.24, 2.45) is 11.7 Å². The molecule has 1 aliphatic heterocycles. The molecule has 16 heavy (non-hydrogen) atoms. The van der Waals surface area contributed by atoms with Crippen molar-refractivity contribution < 1.29 is 0 Å². The third kappa shape index (κ3) is 2.69. The maximum atomic E-state index is 6.09. The zero-order valence-corrected chi connectivity index (χ0v) is 10.5. The Morgan fingerprint density at radius 2 is 2.00 bits per heavy atom. The van der Waals surface area contributed by atoms with Crippen LogP contribution >= 0.6 is 11.6 Å². The van der Waals surface area contributed by atoms with Crippen LogP contribution in [0, 0.1) is 5.92 Å². The number of halogens is 1. The topological polar surface area (TPSA) is 29.3 Å². The summed E-state index contributed by atoms with van der Waals surface area (Å²) in [6, 6.07) is 8.34. The predicted octanol–water partition coefficient (Wildman–Crippen LogP) is 2.90. The number of nitrogens with zero attached hydrogens (tertiary/aromatic N) is 1. The van der Waals surface area contributed by atoms with Crippen LogP contribution in [0.3, 0.4) is 0 Å². The van der Waals surface area contributed by atoms with Crippen LogP contribution in [0.25, 0.3) is 0 Å². The van der Waals surface area contributed by atoms with Gasteiger partial charge in [0.2, 0.25) is 0 Å². The maximum absolute atomic E-state index is 6.09. The van der Waals surface area contributed by atoms with Crippen molar-refractivity contribution >= 4 is 17.3 Å². The van der Waals surface area contributed by atoms with E-state index >= 15 is 0 Å². The molecule has 0 amide bonds. The molecule has 0 spiro atoms. The summed E-state index contributed by atoms with van der Waals surface area (Å²) in [5, 5.41) is 0.789. The quantitative estimate of drug-likeness (QED) is 0.859. The molecule has 0 saturated carbocycles. The molecule has 0 bridgehead atoms. The minimum absolute atomic E-state index is 0.300. The number of hydrogen-bond donors (Lipinski definition) is 1. The van der Waals surface area contributed by atoms with Crippen molar-refractivity contribution in [2.45, 2.75) is 25.8 Å². The standard InChI is InChI=1S/C13H19ClN2/c1-2-10-7-12(15)9-16(8-10)13-5-3-11(14)4-6-13/h3-6,10,12H,2,7-9,15H2,1H3. The molecule has 2 atom stereocenters. The lowest BCUT2D eigenvalue weighted by Crippen LogP contribution is -2.47. The summed E-state index contributed by atoms with van der Waals surface area (Å²) >= 11 is 5.89. The summed E-state index contributed by atoms with van der Waals surface area (Å²) in [5.41, 5.74) is 7.32. The smallest absolute Gasteiger partial charge is 0.0407 e. The Hall–Kier alpha value is -0.730. The molecule has 2 rings (SSSR count). The fourth-order valence-corrected chi connectivity index (χ4v) is 2.53. The molecule has 1 saturated heterocycles. The second-order valence-electron chi connectivity index (χ2n) is 4.65. The van der Waals surface area contributed by atoms with E-state index in [1.54, 1.807) is 0 Å². The minimum atomic E-state index is 0.300. The average molecular weight is 239 g/mol. The lowest BCUT2D eigenvalue weighted by Gasteiger charge is -2.37. The Morgan fingerprint density at radius 1 is 1.31 bits per heavy atom. The molecule has 0 radical (unpaired) electrons. The van der Waals surface area contributed by atoms with Gasteiger partial charge in [0.15, 0.2) is 0 Å². The number of rotatable bonds is 2. The van der Waals surface area contributed by atoms with Crippen LogP contribution in [0.2, 0.25) is 5.02 Å². The fraction of sp³-hybridized carbons (Fsp3) is 0.538. The normalized spacial score (nSPS) is 25.8. The maximum Gasteiger partial charge on any atom is 0.0407 e. The lowest BCUT2D eigenvalue weighted by molar-refractivity contribution is 0.368. The Labute approximate surface area is 102 Å². The number of benzene rings is 1. The van der Waals surface area contributed by atoms with E-state index in [0.29, 0.717) is 6.04 Å². The number of piperidine rings is 1. The van der Waals surface area contributed by atoms with Gasteiger partial charge in [-0.1, -0.05) is 24.9 Å². The van der Waals surface area contributed by atoms with E-state index < -0.39 is 0 Å². The van der Waals surface area contributed by atoms with E-state index in [9.17, 15) is 0 Å². The molecular formula is C13H19ClN2. The van der Waals surface area contributed by atoms with Gasteiger partial charge in [-0.05, 0) is 36.6 Å². The van der Waals surface area contributed by atoms with Crippen molar-refractivity contribution in [3.63, 3.8) is 0 Å². The Morgan fingerprint density at radius 3 is 2.62 bits per heavy atom. The van der Waals surface area contributed by atoms with Crippen LogP contribution in [-0.4, -0.2) is 19.1 Å². The van der Waals surface area contributed by atoms with Gasteiger partial charge in [-0.25, -0.2) is 0 Å². The first-order valence-corrected chi connectivity index (χ1v) is 6.33. The molecular weight excluding hydrogens is 220 g/mol. The Kier molecular flexibility index (Phi) is 3.72. The van der Waals surface area contributed by atoms with Crippen molar-refractivity contribution in [1.29, 1.82) is 0 Å². The molecule has 0 aromatic heterocycles. The molecule has 2 nitrogen and oxygen atoms in total. The van der Waals surface area contributed by atoms with Crippen molar-refractivity contribution in [1.82, 2.24) is 0 Å². The first-order valence-electron chi connectivity index (χ1n) is 5.95. The third-order valence-corrected chi connectivity index (χ3v) is 3.59. The zero-order chi connectivity index (χ0) is 11.5. The molecule has 88 valence electrons. The van der Waals surface area contributed by atoms with Crippen LogP contribution in [-0.2, 0) is 0 Å². The van der Waals surface area contributed by atoms with Crippen LogP contribution in [0.15, 0.2) is 24.3 Å². The molecule has 1 aromatic carbocycles. The highest BCUT2D eigenvalue weighted by molar-refractivity contribution is 6.30. The van der Waals surface area contributed by atoms with Crippen LogP contribution in [0.5, 0.6) is 0 Å². The summed E-state index contributed by atoms with van der Waals surface area (Å²) in [6.07, 6.45) is 2.36. The van der Waals surface area contributed by atoms with Gasteiger partial charge in [0.05, 0.1) is 0 Å². The van der Waals surface area contributed by atoms with Gasteiger partial charge in [0, 0.05) is 29.8 Å². The van der Waals surface area contributed by atoms with Crippen LogP contribution in [0.1, 0.15) is 19.8 Å². The largest absolute Gasteiger partial charge is 0.370 e. The zero-order valence-electron chi connectivity index (χ0n) is 9.70. The monoisotopic (exact) mass is 238 g/mol. The molecule has 0 aliphatic carbocycles. The Bertz CT molecular complexity index is 336. The van der Waals surface area contributed by atoms with Gasteiger partial charge < -0.3 is 10.6 Å². The highest BCUT2D eigenvalue weighted by Gasteiger charge is 2.23. The highest BCUT2D eigenvalue weighted by atomic mass is 35.5. The number of nitrogens with two attached hydrogens (primary N) is 1. The van der Waals surface area contributed by atoms with E-state index in [-0.39, 0.29) is 0 Å². The first kappa shape index (κ1) is 11.7. The second kappa shape index (κ2) is 5.07. The fourth-order valence-electron chi connectivity index (χ4n) is 2.41. The molecule has 2 unspecified atom stereocenters. The minimum Gasteiger partial charge on any atom is -0.370 e. The van der Waals surface area contributed by atoms with Crippen molar-refractivity contribution in [3.05, 3.63) is 29.3 Å². The second-order valence-corrected chi connectivity index (χ2v) is 5.09. The molecule has 1 aromatic rings. The van der Waals surface area contributed by atoms with E-state index in [1.807, 2.05) is 12.1 Å². The van der Waals surface area contributed by atoms with Gasteiger partial charge in [0.1, 0.15) is 0 Å². The van der Waals surface area contributed by atoms with E-state index in [4.69, 9.17) is 17.3 Å². The van der Waals surface area contributed by atoms with E-state index in [2.05, 4.69) is 24.0 Å². The van der Waals surface area contributed by atoms with Gasteiger partial charge in [-0.3, -0.25) is 0 Å². The summed E-state index contributed by atoms with van der Waals surface area (Å²) in [4.78, 5) is 2.37. The van der Waals surface area contributed by atoms with Crippen molar-refractivity contribution in [2.75, 3.05) is 18.0 Å². The predicted molar refractivity (Wildman–Crippen MR) is 70.0 cm³/mol. The summed E-state index contributed by atoms with van der Waals surface area (Å²) in [6.45, 7) is 4.31. The summed E-state index contributed by atoms with van der Waals surface area (Å²) in [5.74, 6) is 0.722. The van der Waals surface area contributed by atoms with E-state index in [0.717, 1.165) is 30.5 Å². The molecule has 1 fully saturated rings.